The number of hydrogen-bond acceptors (Lipinski definition) is 4. The molecule has 0 N–H and O–H groups in total. The van der Waals surface area contributed by atoms with Crippen LogP contribution < -0.4 is 0 Å². The van der Waals surface area contributed by atoms with Gasteiger partial charge in [0, 0.05) is 26.4 Å². The van der Waals surface area contributed by atoms with Gasteiger partial charge in [0.25, 0.3) is 0 Å². The molecule has 0 spiro atoms. The standard InChI is InChI=1S/C11H26O4Si/c1-6-13-16(14-7-2,15-8-3)10-12-9-11(4)5/h11H,6-10H2,1-5H3. The number of ether oxygens (including phenoxy) is 1. The van der Waals surface area contributed by atoms with Crippen molar-refractivity contribution in [3.8, 4) is 0 Å². The van der Waals surface area contributed by atoms with Gasteiger partial charge in [-0.15, -0.1) is 0 Å². The molecule has 0 unspecified atom stereocenters. The molecule has 0 saturated heterocycles. The van der Waals surface area contributed by atoms with E-state index in [0.29, 0.717) is 38.6 Å². The maximum Gasteiger partial charge on any atom is 0.528 e. The van der Waals surface area contributed by atoms with Crippen molar-refractivity contribution in [2.24, 2.45) is 5.92 Å². The fourth-order valence-corrected chi connectivity index (χ4v) is 3.52. The Labute approximate surface area is 101 Å². The lowest BCUT2D eigenvalue weighted by Crippen LogP contribution is -2.51. The van der Waals surface area contributed by atoms with Crippen molar-refractivity contribution in [2.75, 3.05) is 32.7 Å². The van der Waals surface area contributed by atoms with Crippen LogP contribution in [-0.2, 0) is 18.0 Å². The van der Waals surface area contributed by atoms with E-state index in [0.717, 1.165) is 0 Å². The van der Waals surface area contributed by atoms with Gasteiger partial charge in [0.15, 0.2) is 0 Å². The lowest BCUT2D eigenvalue weighted by atomic mass is 10.2. The summed E-state index contributed by atoms with van der Waals surface area (Å²) in [4.78, 5) is 0. The third-order valence-corrected chi connectivity index (χ3v) is 4.57. The molecule has 4 nitrogen and oxygen atoms in total. The van der Waals surface area contributed by atoms with E-state index in [1.165, 1.54) is 0 Å². The predicted molar refractivity (Wildman–Crippen MR) is 66.3 cm³/mol. The Kier molecular flexibility index (Phi) is 9.16. The maximum atomic E-state index is 5.66. The van der Waals surface area contributed by atoms with Crippen molar-refractivity contribution in [1.29, 1.82) is 0 Å². The fourth-order valence-electron chi connectivity index (χ4n) is 1.33. The summed E-state index contributed by atoms with van der Waals surface area (Å²) < 4.78 is 22.6. The Morgan fingerprint density at radius 3 is 1.62 bits per heavy atom. The molecule has 0 saturated carbocycles. The Balaban J connectivity index is 4.23. The molecule has 0 aliphatic heterocycles. The van der Waals surface area contributed by atoms with Gasteiger partial charge in [-0.2, -0.15) is 0 Å². The lowest BCUT2D eigenvalue weighted by Gasteiger charge is -2.28. The molecule has 0 aromatic carbocycles. The van der Waals surface area contributed by atoms with E-state index < -0.39 is 8.80 Å². The van der Waals surface area contributed by atoms with Gasteiger partial charge in [0.2, 0.25) is 0 Å². The van der Waals surface area contributed by atoms with E-state index >= 15 is 0 Å². The quantitative estimate of drug-likeness (QED) is 0.557. The van der Waals surface area contributed by atoms with Crippen LogP contribution in [0.4, 0.5) is 0 Å². The van der Waals surface area contributed by atoms with E-state index in [2.05, 4.69) is 13.8 Å². The summed E-state index contributed by atoms with van der Waals surface area (Å²) in [5, 5.41) is 0. The van der Waals surface area contributed by atoms with E-state index in [4.69, 9.17) is 18.0 Å². The molecule has 0 fully saturated rings. The first-order valence-electron chi connectivity index (χ1n) is 6.09. The molecule has 0 atom stereocenters. The first-order chi connectivity index (χ1) is 7.60. The number of rotatable bonds is 10. The third-order valence-electron chi connectivity index (χ3n) is 1.82. The van der Waals surface area contributed by atoms with Gasteiger partial charge < -0.3 is 18.0 Å². The van der Waals surface area contributed by atoms with Gasteiger partial charge in [-0.05, 0) is 26.7 Å². The highest BCUT2D eigenvalue weighted by Gasteiger charge is 2.41. The first kappa shape index (κ1) is 16.1. The predicted octanol–water partition coefficient (Wildman–Crippen LogP) is 2.25. The van der Waals surface area contributed by atoms with E-state index in [9.17, 15) is 0 Å². The minimum atomic E-state index is -2.58. The molecule has 0 bridgehead atoms. The second-order valence-corrected chi connectivity index (χ2v) is 6.41. The molecule has 0 radical (unpaired) electrons. The van der Waals surface area contributed by atoms with Crippen molar-refractivity contribution in [2.45, 2.75) is 34.6 Å². The van der Waals surface area contributed by atoms with Crippen molar-refractivity contribution in [1.82, 2.24) is 0 Å². The SMILES string of the molecule is CCO[Si](COCC(C)C)(OCC)OCC. The van der Waals surface area contributed by atoms with Gasteiger partial charge in [-0.1, -0.05) is 13.8 Å². The molecule has 0 heterocycles. The number of hydrogen-bond donors (Lipinski definition) is 0. The van der Waals surface area contributed by atoms with E-state index in [1.54, 1.807) is 0 Å². The maximum absolute atomic E-state index is 5.66. The minimum absolute atomic E-state index is 0.445. The van der Waals surface area contributed by atoms with Crippen LogP contribution in [-0.4, -0.2) is 41.5 Å². The molecule has 0 amide bonds. The Bertz CT molecular complexity index is 147. The molecular weight excluding hydrogens is 224 g/mol. The summed E-state index contributed by atoms with van der Waals surface area (Å²) >= 11 is 0. The zero-order chi connectivity index (χ0) is 12.4. The second kappa shape index (κ2) is 9.12. The zero-order valence-electron chi connectivity index (χ0n) is 11.2. The van der Waals surface area contributed by atoms with Crippen molar-refractivity contribution >= 4 is 8.80 Å². The van der Waals surface area contributed by atoms with E-state index in [1.807, 2.05) is 20.8 Å². The van der Waals surface area contributed by atoms with Crippen molar-refractivity contribution < 1.29 is 18.0 Å². The monoisotopic (exact) mass is 250 g/mol. The topological polar surface area (TPSA) is 36.9 Å². The fraction of sp³-hybridized carbons (Fsp3) is 1.00. The molecule has 98 valence electrons. The van der Waals surface area contributed by atoms with Crippen LogP contribution in [0, 0.1) is 5.92 Å². The zero-order valence-corrected chi connectivity index (χ0v) is 12.2. The van der Waals surface area contributed by atoms with Crippen LogP contribution in [0.2, 0.25) is 0 Å². The molecular formula is C11H26O4Si. The Hall–Kier alpha value is 0.0569. The molecule has 0 aromatic heterocycles. The highest BCUT2D eigenvalue weighted by molar-refractivity contribution is 6.60. The van der Waals surface area contributed by atoms with Crippen molar-refractivity contribution in [3.05, 3.63) is 0 Å². The third kappa shape index (κ3) is 6.60. The van der Waals surface area contributed by atoms with Crippen LogP contribution in [0.1, 0.15) is 34.6 Å². The van der Waals surface area contributed by atoms with Crippen LogP contribution in [0.15, 0.2) is 0 Å². The summed E-state index contributed by atoms with van der Waals surface area (Å²) in [6.07, 6.45) is 0.445. The normalized spacial score (nSPS) is 12.4. The van der Waals surface area contributed by atoms with Gasteiger partial charge in [-0.25, -0.2) is 0 Å². The van der Waals surface area contributed by atoms with Crippen LogP contribution in [0.3, 0.4) is 0 Å². The van der Waals surface area contributed by atoms with Crippen LogP contribution in [0.5, 0.6) is 0 Å². The molecule has 0 aliphatic carbocycles. The van der Waals surface area contributed by atoms with Crippen LogP contribution in [0.25, 0.3) is 0 Å². The second-order valence-electron chi connectivity index (χ2n) is 3.89. The Morgan fingerprint density at radius 1 is 0.875 bits per heavy atom. The smallest absolute Gasteiger partial charge is 0.377 e. The summed E-state index contributed by atoms with van der Waals surface area (Å²) in [5.74, 6) is 0.511. The average Bonchev–Trinajstić information content (AvgIpc) is 2.18. The Morgan fingerprint density at radius 2 is 1.31 bits per heavy atom. The van der Waals surface area contributed by atoms with E-state index in [-0.39, 0.29) is 0 Å². The first-order valence-corrected chi connectivity index (χ1v) is 8.03. The molecule has 0 aliphatic rings. The van der Waals surface area contributed by atoms with Crippen LogP contribution >= 0.6 is 0 Å². The summed E-state index contributed by atoms with van der Waals surface area (Å²) in [7, 11) is -2.58. The average molecular weight is 250 g/mol. The molecule has 0 aromatic rings. The van der Waals surface area contributed by atoms with Gasteiger partial charge in [0.1, 0.15) is 6.23 Å². The highest BCUT2D eigenvalue weighted by atomic mass is 28.4. The minimum Gasteiger partial charge on any atom is -0.377 e. The lowest BCUT2D eigenvalue weighted by molar-refractivity contribution is 0.0250. The largest absolute Gasteiger partial charge is 0.528 e. The summed E-state index contributed by atoms with van der Waals surface area (Å²) in [5.41, 5.74) is 0. The highest BCUT2D eigenvalue weighted by Crippen LogP contribution is 2.11. The molecule has 0 rings (SSSR count). The summed E-state index contributed by atoms with van der Waals surface area (Å²) in [6.45, 7) is 12.6. The summed E-state index contributed by atoms with van der Waals surface area (Å²) in [6, 6.07) is 0. The molecule has 5 heteroatoms. The van der Waals surface area contributed by atoms with Gasteiger partial charge in [0.05, 0.1) is 0 Å². The molecule has 16 heavy (non-hydrogen) atoms. The van der Waals surface area contributed by atoms with Crippen molar-refractivity contribution in [3.63, 3.8) is 0 Å². The van der Waals surface area contributed by atoms with Gasteiger partial charge in [-0.3, -0.25) is 0 Å². The van der Waals surface area contributed by atoms with Gasteiger partial charge >= 0.3 is 8.80 Å².